The molecule has 120 valence electrons. The summed E-state index contributed by atoms with van der Waals surface area (Å²) >= 11 is 0. The van der Waals surface area contributed by atoms with Crippen molar-refractivity contribution in [2.45, 2.75) is 31.3 Å². The predicted molar refractivity (Wildman–Crippen MR) is 75.2 cm³/mol. The van der Waals surface area contributed by atoms with Crippen LogP contribution in [0.4, 0.5) is 0 Å². The minimum absolute atomic E-state index is 0.123. The van der Waals surface area contributed by atoms with Gasteiger partial charge in [-0.25, -0.2) is 19.4 Å². The van der Waals surface area contributed by atoms with Crippen LogP contribution < -0.4 is 11.5 Å². The molecule has 0 heterocycles. The minimum Gasteiger partial charge on any atom is -0.481 e. The Morgan fingerprint density at radius 3 is 2.09 bits per heavy atom. The zero-order valence-electron chi connectivity index (χ0n) is 11.8. The molecule has 0 spiro atoms. The molecule has 1 aromatic carbocycles. The van der Waals surface area contributed by atoms with E-state index in [9.17, 15) is 14.4 Å². The fraction of sp³-hybridized carbons (Fsp3) is 0.357. The van der Waals surface area contributed by atoms with Crippen LogP contribution in [0.5, 0.6) is 0 Å². The Balaban J connectivity index is 2.35. The largest absolute Gasteiger partial charge is 0.481 e. The number of carboxylic acid groups (broad SMARTS) is 1. The summed E-state index contributed by atoms with van der Waals surface area (Å²) in [4.78, 5) is 41.9. The third-order valence-electron chi connectivity index (χ3n) is 2.78. The highest BCUT2D eigenvalue weighted by atomic mass is 17.2. The number of hydrogen-bond donors (Lipinski definition) is 3. The molecule has 0 radical (unpaired) electrons. The summed E-state index contributed by atoms with van der Waals surface area (Å²) in [6.45, 7) is 0. The van der Waals surface area contributed by atoms with Crippen LogP contribution in [0.15, 0.2) is 30.3 Å². The molecule has 22 heavy (non-hydrogen) atoms. The predicted octanol–water partition coefficient (Wildman–Crippen LogP) is -0.250. The number of carbonyl (C=O) groups excluding carboxylic acids is 2. The van der Waals surface area contributed by atoms with Crippen molar-refractivity contribution in [3.8, 4) is 0 Å². The average Bonchev–Trinajstić information content (AvgIpc) is 2.50. The lowest BCUT2D eigenvalue weighted by molar-refractivity contribution is -0.261. The number of hydrogen-bond acceptors (Lipinski definition) is 7. The standard InChI is InChI=1S/C14H18N2O6/c15-10(6-7-12(17)18)13(19)21-22-14(20)11(16)8-9-4-2-1-3-5-9/h1-5,10-11H,6-8,15-16H2,(H,17,18). The second-order valence-electron chi connectivity index (χ2n) is 4.64. The fourth-order valence-electron chi connectivity index (χ4n) is 1.55. The van der Waals surface area contributed by atoms with Crippen LogP contribution in [0.3, 0.4) is 0 Å². The van der Waals surface area contributed by atoms with Gasteiger partial charge in [-0.1, -0.05) is 30.3 Å². The van der Waals surface area contributed by atoms with E-state index < -0.39 is 30.0 Å². The quantitative estimate of drug-likeness (QED) is 0.462. The molecule has 0 aliphatic carbocycles. The van der Waals surface area contributed by atoms with Gasteiger partial charge in [0.1, 0.15) is 12.1 Å². The highest BCUT2D eigenvalue weighted by molar-refractivity contribution is 5.79. The van der Waals surface area contributed by atoms with Crippen molar-refractivity contribution >= 4 is 17.9 Å². The zero-order chi connectivity index (χ0) is 16.5. The summed E-state index contributed by atoms with van der Waals surface area (Å²) in [5, 5.41) is 8.47. The van der Waals surface area contributed by atoms with Crippen LogP contribution in [0.1, 0.15) is 18.4 Å². The number of carbonyl (C=O) groups is 3. The monoisotopic (exact) mass is 310 g/mol. The molecule has 5 N–H and O–H groups in total. The van der Waals surface area contributed by atoms with Gasteiger partial charge in [-0.2, -0.15) is 0 Å². The van der Waals surface area contributed by atoms with Crippen molar-refractivity contribution in [1.29, 1.82) is 0 Å². The summed E-state index contributed by atoms with van der Waals surface area (Å²) in [6, 6.07) is 6.83. The molecular formula is C14H18N2O6. The van der Waals surface area contributed by atoms with Crippen LogP contribution in [0.2, 0.25) is 0 Å². The number of rotatable bonds is 7. The van der Waals surface area contributed by atoms with Gasteiger partial charge in [-0.3, -0.25) is 4.79 Å². The highest BCUT2D eigenvalue weighted by Gasteiger charge is 2.22. The van der Waals surface area contributed by atoms with E-state index >= 15 is 0 Å². The second kappa shape index (κ2) is 8.75. The lowest BCUT2D eigenvalue weighted by atomic mass is 10.1. The van der Waals surface area contributed by atoms with Crippen LogP contribution >= 0.6 is 0 Å². The van der Waals surface area contributed by atoms with E-state index in [1.165, 1.54) is 0 Å². The van der Waals surface area contributed by atoms with Crippen molar-refractivity contribution in [1.82, 2.24) is 0 Å². The fourth-order valence-corrected chi connectivity index (χ4v) is 1.55. The molecule has 1 aromatic rings. The van der Waals surface area contributed by atoms with Crippen molar-refractivity contribution < 1.29 is 29.3 Å². The summed E-state index contributed by atoms with van der Waals surface area (Å²) in [5.74, 6) is -3.03. The van der Waals surface area contributed by atoms with Crippen LogP contribution in [0, 0.1) is 0 Å². The van der Waals surface area contributed by atoms with Crippen LogP contribution in [-0.2, 0) is 30.6 Å². The lowest BCUT2D eigenvalue weighted by Gasteiger charge is -2.11. The molecule has 8 heteroatoms. The first kappa shape index (κ1) is 17.6. The normalized spacial score (nSPS) is 13.0. The molecule has 0 saturated carbocycles. The molecule has 2 unspecified atom stereocenters. The Bertz CT molecular complexity index is 519. The molecule has 1 rings (SSSR count). The molecule has 0 aliphatic rings. The lowest BCUT2D eigenvalue weighted by Crippen LogP contribution is -2.38. The maximum absolute atomic E-state index is 11.6. The molecular weight excluding hydrogens is 292 g/mol. The molecule has 8 nitrogen and oxygen atoms in total. The maximum atomic E-state index is 11.6. The summed E-state index contributed by atoms with van der Waals surface area (Å²) in [5.41, 5.74) is 11.9. The van der Waals surface area contributed by atoms with Gasteiger partial charge in [0.05, 0.1) is 0 Å². The first-order valence-corrected chi connectivity index (χ1v) is 6.59. The van der Waals surface area contributed by atoms with E-state index in [4.69, 9.17) is 16.6 Å². The van der Waals surface area contributed by atoms with Gasteiger partial charge in [0.25, 0.3) is 0 Å². The van der Waals surface area contributed by atoms with E-state index in [-0.39, 0.29) is 19.3 Å². The number of aliphatic carboxylic acids is 1. The SMILES string of the molecule is NC(CCC(=O)O)C(=O)OOC(=O)C(N)Cc1ccccc1. The number of carboxylic acids is 1. The van der Waals surface area contributed by atoms with Gasteiger partial charge in [-0.05, 0) is 18.4 Å². The number of benzene rings is 1. The van der Waals surface area contributed by atoms with Crippen LogP contribution in [-0.4, -0.2) is 35.1 Å². The molecule has 0 fully saturated rings. The summed E-state index contributed by atoms with van der Waals surface area (Å²) in [6.07, 6.45) is -0.193. The third-order valence-corrected chi connectivity index (χ3v) is 2.78. The Morgan fingerprint density at radius 1 is 1.00 bits per heavy atom. The summed E-state index contributed by atoms with van der Waals surface area (Å²) < 4.78 is 0. The Kier molecular flexibility index (Phi) is 7.00. The summed E-state index contributed by atoms with van der Waals surface area (Å²) in [7, 11) is 0. The Hall–Kier alpha value is -2.45. The van der Waals surface area contributed by atoms with Crippen LogP contribution in [0.25, 0.3) is 0 Å². The Labute approximate surface area is 126 Å². The second-order valence-corrected chi connectivity index (χ2v) is 4.64. The van der Waals surface area contributed by atoms with E-state index in [0.29, 0.717) is 0 Å². The first-order chi connectivity index (χ1) is 10.4. The van der Waals surface area contributed by atoms with Gasteiger partial charge < -0.3 is 16.6 Å². The molecule has 0 aliphatic heterocycles. The van der Waals surface area contributed by atoms with E-state index in [2.05, 4.69) is 9.78 Å². The maximum Gasteiger partial charge on any atom is 0.372 e. The molecule has 2 atom stereocenters. The molecule has 0 saturated heterocycles. The van der Waals surface area contributed by atoms with Gasteiger partial charge in [-0.15, -0.1) is 0 Å². The highest BCUT2D eigenvalue weighted by Crippen LogP contribution is 2.04. The third kappa shape index (κ3) is 6.33. The smallest absolute Gasteiger partial charge is 0.372 e. The van der Waals surface area contributed by atoms with Crippen molar-refractivity contribution in [2.24, 2.45) is 11.5 Å². The van der Waals surface area contributed by atoms with E-state index in [1.54, 1.807) is 24.3 Å². The van der Waals surface area contributed by atoms with Gasteiger partial charge in [0, 0.05) is 6.42 Å². The minimum atomic E-state index is -1.19. The van der Waals surface area contributed by atoms with Crippen molar-refractivity contribution in [2.75, 3.05) is 0 Å². The van der Waals surface area contributed by atoms with Gasteiger partial charge >= 0.3 is 17.9 Å². The zero-order valence-corrected chi connectivity index (χ0v) is 11.8. The topological polar surface area (TPSA) is 142 Å². The molecule has 0 bridgehead atoms. The van der Waals surface area contributed by atoms with E-state index in [0.717, 1.165) is 5.56 Å². The number of nitrogens with two attached hydrogens (primary N) is 2. The average molecular weight is 310 g/mol. The Morgan fingerprint density at radius 2 is 1.55 bits per heavy atom. The van der Waals surface area contributed by atoms with Gasteiger partial charge in [0.2, 0.25) is 0 Å². The first-order valence-electron chi connectivity index (χ1n) is 6.59. The molecule has 0 amide bonds. The van der Waals surface area contributed by atoms with Crippen molar-refractivity contribution in [3.05, 3.63) is 35.9 Å². The molecule has 0 aromatic heterocycles. The van der Waals surface area contributed by atoms with E-state index in [1.807, 2.05) is 6.07 Å². The van der Waals surface area contributed by atoms with Crippen molar-refractivity contribution in [3.63, 3.8) is 0 Å². The van der Waals surface area contributed by atoms with Gasteiger partial charge in [0.15, 0.2) is 0 Å².